The average molecular weight is 472 g/mol. The highest BCUT2D eigenvalue weighted by atomic mass is 16.4. The van der Waals surface area contributed by atoms with E-state index in [1.807, 2.05) is 41.3 Å². The Kier molecular flexibility index (Phi) is 6.13. The van der Waals surface area contributed by atoms with E-state index in [-0.39, 0.29) is 12.1 Å². The number of nitrogens with zero attached hydrogens (tertiary/aromatic N) is 3. The topological polar surface area (TPSA) is 125 Å². The van der Waals surface area contributed by atoms with Crippen LogP contribution in [0.15, 0.2) is 64.6 Å². The molecule has 1 saturated heterocycles. The lowest BCUT2D eigenvalue weighted by molar-refractivity contribution is -0.137. The molecule has 4 aromatic rings. The number of hydrogen-bond acceptors (Lipinski definition) is 8. The van der Waals surface area contributed by atoms with Crippen LogP contribution in [0.1, 0.15) is 24.8 Å². The summed E-state index contributed by atoms with van der Waals surface area (Å²) >= 11 is 0. The number of hydrogen-bond donors (Lipinski definition) is 3. The molecule has 0 bridgehead atoms. The summed E-state index contributed by atoms with van der Waals surface area (Å²) in [4.78, 5) is 46.8. The smallest absolute Gasteiger partial charge is 0.326 e. The minimum Gasteiger partial charge on any atom is -0.480 e. The average Bonchev–Trinajstić information content (AvgIpc) is 2.89. The van der Waals surface area contributed by atoms with Crippen molar-refractivity contribution in [2.45, 2.75) is 31.7 Å². The SMILES string of the molecule is O=C(O)[C@H](Cc1ccc(Nc2nccc3cnccc23)cc1)Nc1c(N2CCCCC2)c(=O)c1=O. The van der Waals surface area contributed by atoms with Gasteiger partial charge in [0.1, 0.15) is 23.2 Å². The quantitative estimate of drug-likeness (QED) is 0.333. The van der Waals surface area contributed by atoms with Crippen LogP contribution in [0.5, 0.6) is 0 Å². The summed E-state index contributed by atoms with van der Waals surface area (Å²) in [5.74, 6) is -0.383. The number of carboxylic acids is 1. The van der Waals surface area contributed by atoms with Crippen molar-refractivity contribution in [3.63, 3.8) is 0 Å². The van der Waals surface area contributed by atoms with Crippen molar-refractivity contribution in [3.05, 3.63) is 81.0 Å². The van der Waals surface area contributed by atoms with Crippen LogP contribution in [0.2, 0.25) is 0 Å². The maximum atomic E-state index is 12.2. The number of nitrogens with one attached hydrogen (secondary N) is 2. The van der Waals surface area contributed by atoms with Gasteiger partial charge in [0, 0.05) is 54.6 Å². The molecule has 0 spiro atoms. The number of benzene rings is 1. The number of anilines is 4. The largest absolute Gasteiger partial charge is 0.480 e. The minimum absolute atomic E-state index is 0.124. The Bertz CT molecular complexity index is 1430. The Morgan fingerprint density at radius 2 is 1.77 bits per heavy atom. The molecule has 1 aliphatic heterocycles. The molecule has 35 heavy (non-hydrogen) atoms. The van der Waals surface area contributed by atoms with Crippen LogP contribution < -0.4 is 26.4 Å². The zero-order valence-corrected chi connectivity index (χ0v) is 19.0. The summed E-state index contributed by atoms with van der Waals surface area (Å²) in [6.07, 6.45) is 8.35. The fraction of sp³-hybridized carbons (Fsp3) is 0.269. The van der Waals surface area contributed by atoms with Crippen LogP contribution in [0.3, 0.4) is 0 Å². The van der Waals surface area contributed by atoms with Gasteiger partial charge >= 0.3 is 5.97 Å². The van der Waals surface area contributed by atoms with Crippen molar-refractivity contribution in [1.82, 2.24) is 9.97 Å². The zero-order valence-electron chi connectivity index (χ0n) is 19.0. The molecule has 0 saturated carbocycles. The normalized spacial score (nSPS) is 14.7. The first-order valence-electron chi connectivity index (χ1n) is 11.6. The number of rotatable bonds is 8. The van der Waals surface area contributed by atoms with Gasteiger partial charge < -0.3 is 20.6 Å². The standard InChI is InChI=1S/C26H25N5O4/c32-23-21(22(24(23)33)31-12-2-1-3-13-31)30-20(26(34)35)14-16-4-6-18(7-5-16)29-25-19-9-10-27-15-17(19)8-11-28-25/h4-11,15,20,30H,1-3,12-14H2,(H,28,29)(H,34,35)/t20-/m0/s1. The Balaban J connectivity index is 1.30. The second-order valence-electron chi connectivity index (χ2n) is 8.75. The first-order valence-corrected chi connectivity index (χ1v) is 11.6. The summed E-state index contributed by atoms with van der Waals surface area (Å²) < 4.78 is 0. The molecule has 9 nitrogen and oxygen atoms in total. The molecule has 0 unspecified atom stereocenters. The number of piperidine rings is 1. The lowest BCUT2D eigenvalue weighted by Gasteiger charge is -2.31. The van der Waals surface area contributed by atoms with Crippen molar-refractivity contribution >= 4 is 39.6 Å². The minimum atomic E-state index is -1.08. The zero-order chi connectivity index (χ0) is 24.4. The number of aromatic nitrogens is 2. The molecule has 0 radical (unpaired) electrons. The molecule has 1 atom stereocenters. The van der Waals surface area contributed by atoms with Crippen molar-refractivity contribution < 1.29 is 9.90 Å². The highest BCUT2D eigenvalue weighted by Crippen LogP contribution is 2.26. The van der Waals surface area contributed by atoms with E-state index in [1.54, 1.807) is 18.6 Å². The summed E-state index contributed by atoms with van der Waals surface area (Å²) in [5.41, 5.74) is 0.863. The van der Waals surface area contributed by atoms with Gasteiger partial charge in [-0.05, 0) is 49.1 Å². The molecule has 0 aliphatic carbocycles. The van der Waals surface area contributed by atoms with Gasteiger partial charge in [-0.1, -0.05) is 12.1 Å². The van der Waals surface area contributed by atoms with E-state index in [4.69, 9.17) is 0 Å². The third-order valence-electron chi connectivity index (χ3n) is 6.40. The first-order chi connectivity index (χ1) is 17.0. The van der Waals surface area contributed by atoms with Crippen molar-refractivity contribution in [2.24, 2.45) is 0 Å². The molecular formula is C26H25N5O4. The third kappa shape index (κ3) is 4.57. The maximum absolute atomic E-state index is 12.2. The van der Waals surface area contributed by atoms with E-state index < -0.39 is 22.9 Å². The predicted octanol–water partition coefficient (Wildman–Crippen LogP) is 3.07. The highest BCUT2D eigenvalue weighted by molar-refractivity contribution is 5.92. The van der Waals surface area contributed by atoms with E-state index in [2.05, 4.69) is 20.6 Å². The van der Waals surface area contributed by atoms with Crippen LogP contribution in [0.4, 0.5) is 22.9 Å². The van der Waals surface area contributed by atoms with E-state index in [1.165, 1.54) is 0 Å². The number of carbonyl (C=O) groups is 1. The van der Waals surface area contributed by atoms with Crippen LogP contribution in [0, 0.1) is 0 Å². The lowest BCUT2D eigenvalue weighted by Crippen LogP contribution is -2.47. The molecule has 9 heteroatoms. The van der Waals surface area contributed by atoms with Gasteiger partial charge in [0.25, 0.3) is 10.9 Å². The van der Waals surface area contributed by atoms with Gasteiger partial charge in [0.05, 0.1) is 0 Å². The van der Waals surface area contributed by atoms with Gasteiger partial charge in [0.2, 0.25) is 0 Å². The molecule has 178 valence electrons. The summed E-state index contributed by atoms with van der Waals surface area (Å²) in [7, 11) is 0. The summed E-state index contributed by atoms with van der Waals surface area (Å²) in [6, 6.07) is 10.1. The van der Waals surface area contributed by atoms with E-state index in [0.29, 0.717) is 24.6 Å². The number of carboxylic acid groups (broad SMARTS) is 1. The van der Waals surface area contributed by atoms with Crippen molar-refractivity contribution in [2.75, 3.05) is 28.6 Å². The molecule has 5 rings (SSSR count). The van der Waals surface area contributed by atoms with Gasteiger partial charge in [0.15, 0.2) is 0 Å². The number of pyridine rings is 2. The van der Waals surface area contributed by atoms with E-state index in [9.17, 15) is 19.5 Å². The molecule has 2 aromatic heterocycles. The van der Waals surface area contributed by atoms with Crippen molar-refractivity contribution in [3.8, 4) is 0 Å². The van der Waals surface area contributed by atoms with Gasteiger partial charge in [-0.15, -0.1) is 0 Å². The van der Waals surface area contributed by atoms with Gasteiger partial charge in [-0.2, -0.15) is 0 Å². The Morgan fingerprint density at radius 3 is 2.51 bits per heavy atom. The summed E-state index contributed by atoms with van der Waals surface area (Å²) in [6.45, 7) is 1.40. The second kappa shape index (κ2) is 9.54. The maximum Gasteiger partial charge on any atom is 0.326 e. The Labute approximate surface area is 201 Å². The summed E-state index contributed by atoms with van der Waals surface area (Å²) in [5, 5.41) is 17.8. The fourth-order valence-electron chi connectivity index (χ4n) is 4.52. The fourth-order valence-corrected chi connectivity index (χ4v) is 4.52. The molecule has 0 amide bonds. The Hall–Kier alpha value is -4.27. The molecule has 1 aliphatic rings. The van der Waals surface area contributed by atoms with E-state index >= 15 is 0 Å². The Morgan fingerprint density at radius 1 is 1.00 bits per heavy atom. The van der Waals surface area contributed by atoms with Crippen LogP contribution in [-0.2, 0) is 11.2 Å². The molecular weight excluding hydrogens is 446 g/mol. The molecule has 1 fully saturated rings. The molecule has 3 heterocycles. The predicted molar refractivity (Wildman–Crippen MR) is 135 cm³/mol. The molecule has 3 N–H and O–H groups in total. The van der Waals surface area contributed by atoms with Gasteiger partial charge in [-0.25, -0.2) is 9.78 Å². The van der Waals surface area contributed by atoms with Crippen LogP contribution in [0.25, 0.3) is 10.8 Å². The van der Waals surface area contributed by atoms with Crippen LogP contribution >= 0.6 is 0 Å². The van der Waals surface area contributed by atoms with Crippen molar-refractivity contribution in [1.29, 1.82) is 0 Å². The van der Waals surface area contributed by atoms with Crippen LogP contribution in [-0.4, -0.2) is 40.2 Å². The number of aliphatic carboxylic acids is 1. The lowest BCUT2D eigenvalue weighted by atomic mass is 10.0. The highest BCUT2D eigenvalue weighted by Gasteiger charge is 2.30. The van der Waals surface area contributed by atoms with E-state index in [0.717, 1.165) is 41.3 Å². The van der Waals surface area contributed by atoms with Gasteiger partial charge in [-0.3, -0.25) is 14.6 Å². The third-order valence-corrected chi connectivity index (χ3v) is 6.40. The molecule has 2 aromatic carbocycles. The first kappa shape index (κ1) is 22.5. The number of fused-ring (bicyclic) bond motifs is 1. The second-order valence-corrected chi connectivity index (χ2v) is 8.75. The monoisotopic (exact) mass is 471 g/mol.